The number of carbonyl (C=O) groups is 2. The van der Waals surface area contributed by atoms with Crippen molar-refractivity contribution in [2.45, 2.75) is 24.8 Å². The summed E-state index contributed by atoms with van der Waals surface area (Å²) in [6.07, 6.45) is 3.53. The van der Waals surface area contributed by atoms with Gasteiger partial charge in [0.1, 0.15) is 0 Å². The first-order chi connectivity index (χ1) is 11.7. The Morgan fingerprint density at radius 2 is 1.96 bits per heavy atom. The number of unbranched alkanes of at least 4 members (excludes halogenated alkanes) is 1. The van der Waals surface area contributed by atoms with Crippen LogP contribution in [0.4, 0.5) is 5.69 Å². The number of amides is 1. The minimum absolute atomic E-state index is 0.121. The Bertz CT molecular complexity index is 660. The Hall–Kier alpha value is -2.34. The molecule has 126 valence electrons. The molecular weight excluding hydrogens is 324 g/mol. The van der Waals surface area contributed by atoms with Gasteiger partial charge in [-0.05, 0) is 42.8 Å². The number of hydrogen-bond donors (Lipinski definition) is 1. The van der Waals surface area contributed by atoms with Crippen molar-refractivity contribution in [3.8, 4) is 0 Å². The van der Waals surface area contributed by atoms with E-state index in [1.807, 2.05) is 25.1 Å². The van der Waals surface area contributed by atoms with Crippen LogP contribution in [0.5, 0.6) is 0 Å². The molecule has 6 heteroatoms. The fraction of sp³-hybridized carbons (Fsp3) is 0.278. The number of nitrogens with one attached hydrogen (secondary N) is 1. The van der Waals surface area contributed by atoms with Crippen molar-refractivity contribution in [2.75, 3.05) is 17.7 Å². The second kappa shape index (κ2) is 9.72. The van der Waals surface area contributed by atoms with Gasteiger partial charge in [-0.25, -0.2) is 9.78 Å². The number of nitrogens with zero attached hydrogens (tertiary/aromatic N) is 1. The average Bonchev–Trinajstić information content (AvgIpc) is 2.61. The fourth-order valence-corrected chi connectivity index (χ4v) is 2.51. The van der Waals surface area contributed by atoms with Crippen LogP contribution < -0.4 is 5.32 Å². The third kappa shape index (κ3) is 6.04. The summed E-state index contributed by atoms with van der Waals surface area (Å²) < 4.78 is 5.14. The monoisotopic (exact) mass is 344 g/mol. The minimum atomic E-state index is -0.341. The number of esters is 1. The summed E-state index contributed by atoms with van der Waals surface area (Å²) in [5.41, 5.74) is 1.12. The summed E-state index contributed by atoms with van der Waals surface area (Å²) in [7, 11) is 0. The maximum atomic E-state index is 11.9. The highest BCUT2D eigenvalue weighted by Crippen LogP contribution is 2.15. The molecule has 24 heavy (non-hydrogen) atoms. The van der Waals surface area contributed by atoms with Gasteiger partial charge in [-0.2, -0.15) is 0 Å². The Labute approximate surface area is 145 Å². The zero-order valence-electron chi connectivity index (χ0n) is 13.5. The highest BCUT2D eigenvalue weighted by atomic mass is 32.2. The predicted molar refractivity (Wildman–Crippen MR) is 95.2 cm³/mol. The van der Waals surface area contributed by atoms with Crippen LogP contribution in [0.25, 0.3) is 0 Å². The topological polar surface area (TPSA) is 68.3 Å². The van der Waals surface area contributed by atoms with Crippen molar-refractivity contribution in [2.24, 2.45) is 0 Å². The molecule has 0 aliphatic heterocycles. The second-order valence-corrected chi connectivity index (χ2v) is 6.07. The van der Waals surface area contributed by atoms with Gasteiger partial charge in [-0.15, -0.1) is 0 Å². The number of rotatable bonds is 8. The molecule has 0 radical (unpaired) electrons. The van der Waals surface area contributed by atoms with Gasteiger partial charge in [0, 0.05) is 11.9 Å². The molecule has 0 aliphatic rings. The van der Waals surface area contributed by atoms with Gasteiger partial charge >= 0.3 is 5.97 Å². The van der Waals surface area contributed by atoms with Crippen LogP contribution in [0.1, 0.15) is 30.1 Å². The summed E-state index contributed by atoms with van der Waals surface area (Å²) in [6, 6.07) is 12.3. The number of carbonyl (C=O) groups excluding carboxylic acids is 2. The van der Waals surface area contributed by atoms with Crippen molar-refractivity contribution >= 4 is 29.3 Å². The van der Waals surface area contributed by atoms with E-state index in [9.17, 15) is 9.59 Å². The van der Waals surface area contributed by atoms with Crippen LogP contribution in [0, 0.1) is 0 Å². The predicted octanol–water partition coefficient (Wildman–Crippen LogP) is 3.77. The molecule has 1 heterocycles. The van der Waals surface area contributed by atoms with Crippen LogP contribution in [0.2, 0.25) is 0 Å². The van der Waals surface area contributed by atoms with Gasteiger partial charge in [0.05, 0.1) is 22.9 Å². The first kappa shape index (κ1) is 18.0. The zero-order valence-corrected chi connectivity index (χ0v) is 14.3. The molecule has 0 atom stereocenters. The third-order valence-electron chi connectivity index (χ3n) is 3.12. The summed E-state index contributed by atoms with van der Waals surface area (Å²) in [5, 5.41) is 3.59. The molecule has 1 aromatic heterocycles. The molecule has 0 spiro atoms. The smallest absolute Gasteiger partial charge is 0.338 e. The SMILES string of the molecule is CCCCOC(=O)c1ccc(NC(=O)CSc2ccccn2)cc1. The number of aromatic nitrogens is 1. The van der Waals surface area contributed by atoms with Crippen molar-refractivity contribution in [3.05, 3.63) is 54.2 Å². The molecule has 0 saturated heterocycles. The van der Waals surface area contributed by atoms with E-state index in [1.54, 1.807) is 30.5 Å². The highest BCUT2D eigenvalue weighted by Gasteiger charge is 2.08. The Kier molecular flexibility index (Phi) is 7.29. The number of pyridine rings is 1. The van der Waals surface area contributed by atoms with Crippen LogP contribution in [0.15, 0.2) is 53.7 Å². The third-order valence-corrected chi connectivity index (χ3v) is 4.07. The van der Waals surface area contributed by atoms with E-state index in [4.69, 9.17) is 4.74 Å². The molecule has 0 saturated carbocycles. The lowest BCUT2D eigenvalue weighted by molar-refractivity contribution is -0.113. The van der Waals surface area contributed by atoms with Crippen LogP contribution in [0.3, 0.4) is 0 Å². The minimum Gasteiger partial charge on any atom is -0.462 e. The first-order valence-electron chi connectivity index (χ1n) is 7.80. The fourth-order valence-electron chi connectivity index (χ4n) is 1.85. The van der Waals surface area contributed by atoms with Gasteiger partial charge in [0.2, 0.25) is 5.91 Å². The summed E-state index contributed by atoms with van der Waals surface area (Å²) in [4.78, 5) is 27.9. The molecule has 1 N–H and O–H groups in total. The lowest BCUT2D eigenvalue weighted by Gasteiger charge is -2.07. The number of hydrogen-bond acceptors (Lipinski definition) is 5. The largest absolute Gasteiger partial charge is 0.462 e. The molecule has 0 fully saturated rings. The van der Waals surface area contributed by atoms with Gasteiger partial charge in [-0.3, -0.25) is 4.79 Å². The van der Waals surface area contributed by atoms with Gasteiger partial charge < -0.3 is 10.1 Å². The Morgan fingerprint density at radius 3 is 2.62 bits per heavy atom. The summed E-state index contributed by atoms with van der Waals surface area (Å²) in [6.45, 7) is 2.47. The number of benzene rings is 1. The van der Waals surface area contributed by atoms with Crippen molar-refractivity contribution in [1.82, 2.24) is 4.98 Å². The zero-order chi connectivity index (χ0) is 17.2. The van der Waals surface area contributed by atoms with E-state index in [0.29, 0.717) is 17.9 Å². The van der Waals surface area contributed by atoms with Gasteiger partial charge in [-0.1, -0.05) is 31.2 Å². The van der Waals surface area contributed by atoms with E-state index in [-0.39, 0.29) is 17.6 Å². The molecule has 2 aromatic rings. The van der Waals surface area contributed by atoms with Gasteiger partial charge in [0.25, 0.3) is 0 Å². The highest BCUT2D eigenvalue weighted by molar-refractivity contribution is 7.99. The number of thioether (sulfide) groups is 1. The normalized spacial score (nSPS) is 10.2. The van der Waals surface area contributed by atoms with Crippen LogP contribution >= 0.6 is 11.8 Å². The van der Waals surface area contributed by atoms with Crippen molar-refractivity contribution in [3.63, 3.8) is 0 Å². The number of ether oxygens (including phenoxy) is 1. The Morgan fingerprint density at radius 1 is 1.17 bits per heavy atom. The lowest BCUT2D eigenvalue weighted by atomic mass is 10.2. The van der Waals surface area contributed by atoms with Crippen molar-refractivity contribution in [1.29, 1.82) is 0 Å². The Balaban J connectivity index is 1.80. The van der Waals surface area contributed by atoms with Crippen LogP contribution in [-0.2, 0) is 9.53 Å². The maximum Gasteiger partial charge on any atom is 0.338 e. The lowest BCUT2D eigenvalue weighted by Crippen LogP contribution is -2.14. The van der Waals surface area contributed by atoms with E-state index < -0.39 is 0 Å². The van der Waals surface area contributed by atoms with Crippen molar-refractivity contribution < 1.29 is 14.3 Å². The standard InChI is InChI=1S/C18H20N2O3S/c1-2-3-12-23-18(22)14-7-9-15(10-8-14)20-16(21)13-24-17-6-4-5-11-19-17/h4-11H,2-3,12-13H2,1H3,(H,20,21). The summed E-state index contributed by atoms with van der Waals surface area (Å²) in [5.74, 6) is -0.186. The second-order valence-electron chi connectivity index (χ2n) is 5.07. The van der Waals surface area contributed by atoms with Gasteiger partial charge in [0.15, 0.2) is 0 Å². The molecule has 1 aromatic carbocycles. The van der Waals surface area contributed by atoms with E-state index in [1.165, 1.54) is 11.8 Å². The number of anilines is 1. The quantitative estimate of drug-likeness (QED) is 0.448. The molecule has 2 rings (SSSR count). The molecular formula is C18H20N2O3S. The van der Waals surface area contributed by atoms with Crippen LogP contribution in [-0.4, -0.2) is 29.2 Å². The molecule has 1 amide bonds. The van der Waals surface area contributed by atoms with E-state index in [0.717, 1.165) is 17.9 Å². The summed E-state index contributed by atoms with van der Waals surface area (Å²) >= 11 is 1.37. The molecule has 0 bridgehead atoms. The maximum absolute atomic E-state index is 11.9. The average molecular weight is 344 g/mol. The van der Waals surface area contributed by atoms with E-state index in [2.05, 4.69) is 10.3 Å². The molecule has 0 unspecified atom stereocenters. The molecule has 0 aliphatic carbocycles. The van der Waals surface area contributed by atoms with E-state index >= 15 is 0 Å². The first-order valence-corrected chi connectivity index (χ1v) is 8.78. The molecule has 5 nitrogen and oxygen atoms in total.